The molecule has 0 bridgehead atoms. The van der Waals surface area contributed by atoms with Gasteiger partial charge < -0.3 is 10.3 Å². The maximum absolute atomic E-state index is 3.11. The summed E-state index contributed by atoms with van der Waals surface area (Å²) in [6, 6.07) is 10.6. The van der Waals surface area contributed by atoms with Gasteiger partial charge in [0, 0.05) is 25.1 Å². The minimum absolute atomic E-state index is 0.994. The summed E-state index contributed by atoms with van der Waals surface area (Å²) < 4.78 is 0. The molecule has 1 aromatic carbocycles. The molecular weight excluding hydrogens is 172 g/mol. The van der Waals surface area contributed by atoms with Crippen molar-refractivity contribution < 1.29 is 0 Å². The summed E-state index contributed by atoms with van der Waals surface area (Å²) in [7, 11) is 1.93. The quantitative estimate of drug-likeness (QED) is 0.757. The topological polar surface area (TPSA) is 27.8 Å². The molecule has 0 fully saturated rings. The highest BCUT2D eigenvalue weighted by Crippen LogP contribution is 2.12. The molecule has 1 heterocycles. The first kappa shape index (κ1) is 8.88. The SMILES string of the molecule is CNc1ccc(Cc2cc[nH]c2)cc1. The molecule has 2 N–H and O–H groups in total. The van der Waals surface area contributed by atoms with Crippen molar-refractivity contribution in [3.63, 3.8) is 0 Å². The summed E-state index contributed by atoms with van der Waals surface area (Å²) in [5, 5.41) is 3.11. The standard InChI is InChI=1S/C12H14N2/c1-13-12-4-2-10(3-5-12)8-11-6-7-14-9-11/h2-7,9,13-14H,8H2,1H3. The predicted octanol–water partition coefficient (Wildman–Crippen LogP) is 2.65. The first-order chi connectivity index (χ1) is 6.88. The summed E-state index contributed by atoms with van der Waals surface area (Å²) >= 11 is 0. The Kier molecular flexibility index (Phi) is 2.54. The van der Waals surface area contributed by atoms with Crippen LogP contribution in [0.15, 0.2) is 42.7 Å². The van der Waals surface area contributed by atoms with Crippen LogP contribution in [0.3, 0.4) is 0 Å². The summed E-state index contributed by atoms with van der Waals surface area (Å²) in [4.78, 5) is 3.06. The largest absolute Gasteiger partial charge is 0.388 e. The fraction of sp³-hybridized carbons (Fsp3) is 0.167. The first-order valence-corrected chi connectivity index (χ1v) is 4.77. The van der Waals surface area contributed by atoms with E-state index in [9.17, 15) is 0 Å². The van der Waals surface area contributed by atoms with Crippen molar-refractivity contribution >= 4 is 5.69 Å². The van der Waals surface area contributed by atoms with Crippen LogP contribution < -0.4 is 5.32 Å². The maximum Gasteiger partial charge on any atom is 0.0337 e. The normalized spacial score (nSPS) is 10.1. The van der Waals surface area contributed by atoms with Crippen LogP contribution in [0.1, 0.15) is 11.1 Å². The highest BCUT2D eigenvalue weighted by molar-refractivity contribution is 5.44. The summed E-state index contributed by atoms with van der Waals surface area (Å²) in [6.45, 7) is 0. The first-order valence-electron chi connectivity index (χ1n) is 4.77. The Hall–Kier alpha value is -1.70. The molecule has 2 rings (SSSR count). The molecule has 2 heteroatoms. The molecule has 0 saturated heterocycles. The van der Waals surface area contributed by atoms with E-state index in [-0.39, 0.29) is 0 Å². The third-order valence-corrected chi connectivity index (χ3v) is 2.31. The van der Waals surface area contributed by atoms with Gasteiger partial charge in [0.1, 0.15) is 0 Å². The van der Waals surface area contributed by atoms with Gasteiger partial charge in [0.15, 0.2) is 0 Å². The van der Waals surface area contributed by atoms with E-state index in [0.29, 0.717) is 0 Å². The second kappa shape index (κ2) is 4.01. The molecule has 0 saturated carbocycles. The Morgan fingerprint density at radius 3 is 2.43 bits per heavy atom. The van der Waals surface area contributed by atoms with E-state index in [1.54, 1.807) is 0 Å². The third kappa shape index (κ3) is 1.96. The van der Waals surface area contributed by atoms with E-state index in [4.69, 9.17) is 0 Å². The third-order valence-electron chi connectivity index (χ3n) is 2.31. The number of benzene rings is 1. The van der Waals surface area contributed by atoms with Gasteiger partial charge in [-0.25, -0.2) is 0 Å². The van der Waals surface area contributed by atoms with Crippen molar-refractivity contribution in [2.24, 2.45) is 0 Å². The van der Waals surface area contributed by atoms with Crippen molar-refractivity contribution in [1.82, 2.24) is 4.98 Å². The van der Waals surface area contributed by atoms with Crippen molar-refractivity contribution in [3.8, 4) is 0 Å². The molecule has 2 aromatic rings. The lowest BCUT2D eigenvalue weighted by atomic mass is 10.1. The number of anilines is 1. The lowest BCUT2D eigenvalue weighted by Crippen LogP contribution is -1.89. The van der Waals surface area contributed by atoms with Crippen LogP contribution in [-0.4, -0.2) is 12.0 Å². The molecule has 14 heavy (non-hydrogen) atoms. The van der Waals surface area contributed by atoms with E-state index in [2.05, 4.69) is 40.6 Å². The number of hydrogen-bond acceptors (Lipinski definition) is 1. The van der Waals surface area contributed by atoms with Crippen LogP contribution >= 0.6 is 0 Å². The summed E-state index contributed by atoms with van der Waals surface area (Å²) in [5.41, 5.74) is 3.81. The molecule has 72 valence electrons. The fourth-order valence-electron chi connectivity index (χ4n) is 1.49. The molecular formula is C12H14N2. The van der Waals surface area contributed by atoms with Gasteiger partial charge in [-0.3, -0.25) is 0 Å². The molecule has 0 radical (unpaired) electrons. The lowest BCUT2D eigenvalue weighted by Gasteiger charge is -2.02. The minimum atomic E-state index is 0.994. The van der Waals surface area contributed by atoms with E-state index >= 15 is 0 Å². The van der Waals surface area contributed by atoms with E-state index in [1.165, 1.54) is 11.1 Å². The number of H-pyrrole nitrogens is 1. The Labute approximate surface area is 84.0 Å². The number of nitrogens with one attached hydrogen (secondary N) is 2. The molecule has 0 unspecified atom stereocenters. The zero-order chi connectivity index (χ0) is 9.80. The molecule has 0 amide bonds. The smallest absolute Gasteiger partial charge is 0.0337 e. The zero-order valence-electron chi connectivity index (χ0n) is 8.25. The van der Waals surface area contributed by atoms with Gasteiger partial charge in [-0.1, -0.05) is 12.1 Å². The number of aromatic amines is 1. The van der Waals surface area contributed by atoms with Gasteiger partial charge >= 0.3 is 0 Å². The van der Waals surface area contributed by atoms with E-state index < -0.39 is 0 Å². The Balaban J connectivity index is 2.10. The number of rotatable bonds is 3. The number of aromatic nitrogens is 1. The predicted molar refractivity (Wildman–Crippen MR) is 59.6 cm³/mol. The van der Waals surface area contributed by atoms with Gasteiger partial charge in [-0.2, -0.15) is 0 Å². The second-order valence-corrected chi connectivity index (χ2v) is 3.34. The Morgan fingerprint density at radius 1 is 1.07 bits per heavy atom. The van der Waals surface area contributed by atoms with Crippen LogP contribution in [0.2, 0.25) is 0 Å². The second-order valence-electron chi connectivity index (χ2n) is 3.34. The molecule has 1 aromatic heterocycles. The molecule has 2 nitrogen and oxygen atoms in total. The van der Waals surface area contributed by atoms with Crippen LogP contribution in [0.5, 0.6) is 0 Å². The van der Waals surface area contributed by atoms with Gasteiger partial charge in [0.2, 0.25) is 0 Å². The van der Waals surface area contributed by atoms with E-state index in [0.717, 1.165) is 12.1 Å². The van der Waals surface area contributed by atoms with Gasteiger partial charge in [-0.05, 0) is 35.7 Å². The highest BCUT2D eigenvalue weighted by atomic mass is 14.8. The summed E-state index contributed by atoms with van der Waals surface area (Å²) in [6.07, 6.45) is 4.98. The Bertz CT molecular complexity index is 373. The Morgan fingerprint density at radius 2 is 1.86 bits per heavy atom. The average Bonchev–Trinajstić information content (AvgIpc) is 2.72. The van der Waals surface area contributed by atoms with Crippen LogP contribution in [-0.2, 0) is 6.42 Å². The van der Waals surface area contributed by atoms with Crippen molar-refractivity contribution in [1.29, 1.82) is 0 Å². The van der Waals surface area contributed by atoms with Crippen molar-refractivity contribution in [3.05, 3.63) is 53.9 Å². The number of hydrogen-bond donors (Lipinski definition) is 2. The van der Waals surface area contributed by atoms with Crippen molar-refractivity contribution in [2.45, 2.75) is 6.42 Å². The maximum atomic E-state index is 3.11. The van der Waals surface area contributed by atoms with Crippen LogP contribution in [0.25, 0.3) is 0 Å². The fourth-order valence-corrected chi connectivity index (χ4v) is 1.49. The van der Waals surface area contributed by atoms with Gasteiger partial charge in [-0.15, -0.1) is 0 Å². The average molecular weight is 186 g/mol. The highest BCUT2D eigenvalue weighted by Gasteiger charge is 1.96. The molecule has 0 aliphatic rings. The molecule has 0 spiro atoms. The van der Waals surface area contributed by atoms with Crippen LogP contribution in [0.4, 0.5) is 5.69 Å². The monoisotopic (exact) mass is 186 g/mol. The van der Waals surface area contributed by atoms with Crippen molar-refractivity contribution in [2.75, 3.05) is 12.4 Å². The van der Waals surface area contributed by atoms with Gasteiger partial charge in [0.25, 0.3) is 0 Å². The van der Waals surface area contributed by atoms with E-state index in [1.807, 2.05) is 19.4 Å². The minimum Gasteiger partial charge on any atom is -0.388 e. The molecule has 0 aliphatic heterocycles. The lowest BCUT2D eigenvalue weighted by molar-refractivity contribution is 1.20. The molecule has 0 atom stereocenters. The summed E-state index contributed by atoms with van der Waals surface area (Å²) in [5.74, 6) is 0. The van der Waals surface area contributed by atoms with Gasteiger partial charge in [0.05, 0.1) is 0 Å². The molecule has 0 aliphatic carbocycles. The zero-order valence-corrected chi connectivity index (χ0v) is 8.25. The van der Waals surface area contributed by atoms with Crippen LogP contribution in [0, 0.1) is 0 Å².